The van der Waals surface area contributed by atoms with Gasteiger partial charge in [-0.3, -0.25) is 0 Å². The summed E-state index contributed by atoms with van der Waals surface area (Å²) < 4.78 is 0. The van der Waals surface area contributed by atoms with E-state index in [1.807, 2.05) is 30.3 Å². The molecule has 3 N–H and O–H groups in total. The summed E-state index contributed by atoms with van der Waals surface area (Å²) in [5.41, 5.74) is 10.5. The van der Waals surface area contributed by atoms with E-state index in [1.54, 1.807) is 0 Å². The summed E-state index contributed by atoms with van der Waals surface area (Å²) in [6.45, 7) is 4.84. The van der Waals surface area contributed by atoms with Gasteiger partial charge in [0.1, 0.15) is 5.84 Å². The minimum Gasteiger partial charge on any atom is -0.386 e. The highest BCUT2D eigenvalue weighted by atomic mass is 15.0. The van der Waals surface area contributed by atoms with Crippen molar-refractivity contribution in [3.05, 3.63) is 77.9 Å². The van der Waals surface area contributed by atoms with Crippen LogP contribution in [0.3, 0.4) is 0 Å². The first-order chi connectivity index (χ1) is 10.2. The Hall–Kier alpha value is -2.39. The van der Waals surface area contributed by atoms with Crippen molar-refractivity contribution in [2.45, 2.75) is 19.0 Å². The number of nitrogens with two attached hydrogens (primary N) is 1. The van der Waals surface area contributed by atoms with Crippen molar-refractivity contribution in [3.63, 3.8) is 0 Å². The van der Waals surface area contributed by atoms with Crippen molar-refractivity contribution >= 4 is 11.5 Å². The van der Waals surface area contributed by atoms with E-state index in [0.29, 0.717) is 11.5 Å². The predicted octanol–water partition coefficient (Wildman–Crippen LogP) is 2.73. The molecule has 0 aliphatic carbocycles. The number of amidine groups is 1. The Bertz CT molecular complexity index is 674. The Balaban J connectivity index is 1.76. The molecule has 106 valence electrons. The van der Waals surface area contributed by atoms with Gasteiger partial charge in [-0.25, -0.2) is 4.99 Å². The largest absolute Gasteiger partial charge is 0.386 e. The average molecular weight is 277 g/mol. The van der Waals surface area contributed by atoms with Gasteiger partial charge < -0.3 is 11.1 Å². The lowest BCUT2D eigenvalue weighted by Crippen LogP contribution is -2.45. The lowest BCUT2D eigenvalue weighted by Gasteiger charge is -2.25. The number of aliphatic imine (C=N–C) groups is 1. The van der Waals surface area contributed by atoms with Crippen LogP contribution < -0.4 is 11.1 Å². The van der Waals surface area contributed by atoms with Crippen LogP contribution in [0.5, 0.6) is 0 Å². The van der Waals surface area contributed by atoms with Crippen LogP contribution in [-0.4, -0.2) is 11.9 Å². The highest BCUT2D eigenvalue weighted by Gasteiger charge is 2.20. The fraction of sp³-hybridized carbons (Fsp3) is 0.167. The monoisotopic (exact) mass is 277 g/mol. The van der Waals surface area contributed by atoms with Crippen LogP contribution in [0, 0.1) is 0 Å². The quantitative estimate of drug-likeness (QED) is 0.669. The summed E-state index contributed by atoms with van der Waals surface area (Å²) in [5, 5.41) is 3.43. The first kappa shape index (κ1) is 13.6. The Morgan fingerprint density at radius 1 is 1.05 bits per heavy atom. The maximum absolute atomic E-state index is 6.17. The third kappa shape index (κ3) is 3.03. The molecule has 0 saturated carbocycles. The van der Waals surface area contributed by atoms with Crippen LogP contribution >= 0.6 is 0 Å². The minimum atomic E-state index is 0.0698. The second-order valence-corrected chi connectivity index (χ2v) is 5.26. The van der Waals surface area contributed by atoms with Crippen molar-refractivity contribution in [1.29, 1.82) is 0 Å². The van der Waals surface area contributed by atoms with Gasteiger partial charge in [0.15, 0.2) is 0 Å². The molecular weight excluding hydrogens is 258 g/mol. The predicted molar refractivity (Wildman–Crippen MR) is 87.9 cm³/mol. The topological polar surface area (TPSA) is 50.4 Å². The van der Waals surface area contributed by atoms with Crippen LogP contribution in [0.2, 0.25) is 0 Å². The number of nitrogens with zero attached hydrogens (tertiary/aromatic N) is 1. The standard InChI is InChI=1S/C18H19N3/c1-13(14-7-3-2-4-8-14)21-18(19)17-11-15-9-5-6-10-16(15)12-20-17/h2-10,17,20H,1,11-12H2,(H2,19,21)/t17-/m0/s1. The molecule has 2 aromatic carbocycles. The van der Waals surface area contributed by atoms with E-state index in [9.17, 15) is 0 Å². The molecule has 0 fully saturated rings. The van der Waals surface area contributed by atoms with Gasteiger partial charge in [-0.2, -0.15) is 0 Å². The molecule has 1 atom stereocenters. The fourth-order valence-corrected chi connectivity index (χ4v) is 2.59. The van der Waals surface area contributed by atoms with Gasteiger partial charge in [0.2, 0.25) is 0 Å². The highest BCUT2D eigenvalue weighted by molar-refractivity contribution is 5.91. The van der Waals surface area contributed by atoms with E-state index in [1.165, 1.54) is 11.1 Å². The van der Waals surface area contributed by atoms with Gasteiger partial charge in [-0.1, -0.05) is 61.2 Å². The van der Waals surface area contributed by atoms with Crippen molar-refractivity contribution < 1.29 is 0 Å². The Morgan fingerprint density at radius 2 is 1.71 bits per heavy atom. The molecule has 0 unspecified atom stereocenters. The zero-order chi connectivity index (χ0) is 14.7. The van der Waals surface area contributed by atoms with E-state index < -0.39 is 0 Å². The van der Waals surface area contributed by atoms with Crippen molar-refractivity contribution in [2.24, 2.45) is 10.7 Å². The van der Waals surface area contributed by atoms with E-state index in [4.69, 9.17) is 5.73 Å². The van der Waals surface area contributed by atoms with E-state index in [0.717, 1.165) is 18.5 Å². The zero-order valence-corrected chi connectivity index (χ0v) is 11.9. The van der Waals surface area contributed by atoms with Gasteiger partial charge >= 0.3 is 0 Å². The van der Waals surface area contributed by atoms with Gasteiger partial charge in [-0.15, -0.1) is 0 Å². The SMILES string of the molecule is C=C(N=C(N)[C@@H]1Cc2ccccc2CN1)c1ccccc1. The van der Waals surface area contributed by atoms with Crippen LogP contribution in [0.15, 0.2) is 66.2 Å². The molecule has 21 heavy (non-hydrogen) atoms. The summed E-state index contributed by atoms with van der Waals surface area (Å²) in [5.74, 6) is 0.596. The summed E-state index contributed by atoms with van der Waals surface area (Å²) >= 11 is 0. The number of benzene rings is 2. The molecule has 0 amide bonds. The first-order valence-electron chi connectivity index (χ1n) is 7.12. The second-order valence-electron chi connectivity index (χ2n) is 5.26. The molecule has 0 saturated heterocycles. The van der Waals surface area contributed by atoms with Gasteiger partial charge in [0.05, 0.1) is 11.7 Å². The molecule has 0 spiro atoms. The fourth-order valence-electron chi connectivity index (χ4n) is 2.59. The highest BCUT2D eigenvalue weighted by Crippen LogP contribution is 2.18. The van der Waals surface area contributed by atoms with Gasteiger partial charge in [-0.05, 0) is 23.1 Å². The van der Waals surface area contributed by atoms with E-state index >= 15 is 0 Å². The van der Waals surface area contributed by atoms with Crippen LogP contribution in [0.1, 0.15) is 16.7 Å². The molecule has 0 aromatic heterocycles. The molecular formula is C18H19N3. The molecule has 1 aliphatic rings. The average Bonchev–Trinajstić information content (AvgIpc) is 2.55. The van der Waals surface area contributed by atoms with Crippen molar-refractivity contribution in [1.82, 2.24) is 5.32 Å². The molecule has 1 heterocycles. The normalized spacial score (nSPS) is 18.1. The number of hydrogen-bond donors (Lipinski definition) is 2. The molecule has 0 bridgehead atoms. The summed E-state index contributed by atoms with van der Waals surface area (Å²) in [4.78, 5) is 4.48. The smallest absolute Gasteiger partial charge is 0.117 e. The molecule has 2 aromatic rings. The third-order valence-corrected chi connectivity index (χ3v) is 3.81. The molecule has 3 rings (SSSR count). The number of fused-ring (bicyclic) bond motifs is 1. The summed E-state index contributed by atoms with van der Waals surface area (Å²) in [7, 11) is 0. The van der Waals surface area contributed by atoms with Crippen LogP contribution in [0.4, 0.5) is 0 Å². The summed E-state index contributed by atoms with van der Waals surface area (Å²) in [6, 6.07) is 18.4. The van der Waals surface area contributed by atoms with Gasteiger partial charge in [0.25, 0.3) is 0 Å². The molecule has 3 heteroatoms. The van der Waals surface area contributed by atoms with Crippen molar-refractivity contribution in [2.75, 3.05) is 0 Å². The zero-order valence-electron chi connectivity index (χ0n) is 11.9. The Morgan fingerprint density at radius 3 is 2.48 bits per heavy atom. The van der Waals surface area contributed by atoms with Crippen LogP contribution in [0.25, 0.3) is 5.70 Å². The minimum absolute atomic E-state index is 0.0698. The Kier molecular flexibility index (Phi) is 3.84. The number of hydrogen-bond acceptors (Lipinski definition) is 2. The molecule has 3 nitrogen and oxygen atoms in total. The second kappa shape index (κ2) is 5.94. The third-order valence-electron chi connectivity index (χ3n) is 3.81. The lowest BCUT2D eigenvalue weighted by molar-refractivity contribution is 0.574. The lowest BCUT2D eigenvalue weighted by atomic mass is 9.95. The maximum atomic E-state index is 6.17. The van der Waals surface area contributed by atoms with Gasteiger partial charge in [0, 0.05) is 6.54 Å². The maximum Gasteiger partial charge on any atom is 0.117 e. The number of nitrogens with one attached hydrogen (secondary N) is 1. The van der Waals surface area contributed by atoms with Crippen LogP contribution in [-0.2, 0) is 13.0 Å². The van der Waals surface area contributed by atoms with E-state index in [2.05, 4.69) is 41.2 Å². The van der Waals surface area contributed by atoms with Crippen molar-refractivity contribution in [3.8, 4) is 0 Å². The first-order valence-corrected chi connectivity index (χ1v) is 7.12. The van der Waals surface area contributed by atoms with E-state index in [-0.39, 0.29) is 6.04 Å². The molecule has 1 aliphatic heterocycles. The molecule has 0 radical (unpaired) electrons. The Labute approximate surface area is 125 Å². The number of rotatable bonds is 3. The summed E-state index contributed by atoms with van der Waals surface area (Å²) in [6.07, 6.45) is 0.869.